The van der Waals surface area contributed by atoms with E-state index in [0.717, 1.165) is 5.56 Å². The van der Waals surface area contributed by atoms with Gasteiger partial charge < -0.3 is 15.0 Å². The van der Waals surface area contributed by atoms with E-state index < -0.39 is 0 Å². The predicted molar refractivity (Wildman–Crippen MR) is 74.4 cm³/mol. The highest BCUT2D eigenvalue weighted by molar-refractivity contribution is 5.80. The van der Waals surface area contributed by atoms with Gasteiger partial charge in [0.15, 0.2) is 0 Å². The molecule has 0 radical (unpaired) electrons. The Hall–Kier alpha value is -1.85. The van der Waals surface area contributed by atoms with E-state index in [1.165, 1.54) is 6.33 Å². The minimum Gasteiger partial charge on any atom is -0.478 e. The molecule has 0 fully saturated rings. The second-order valence-electron chi connectivity index (χ2n) is 4.01. The average Bonchev–Trinajstić information content (AvgIpc) is 2.41. The lowest BCUT2D eigenvalue weighted by Gasteiger charge is -2.19. The summed E-state index contributed by atoms with van der Waals surface area (Å²) in [7, 11) is 0. The van der Waals surface area contributed by atoms with Crippen LogP contribution in [0.2, 0.25) is 0 Å². The maximum absolute atomic E-state index is 11.9. The molecule has 0 saturated carbocycles. The van der Waals surface area contributed by atoms with Crippen molar-refractivity contribution in [1.82, 2.24) is 14.9 Å². The van der Waals surface area contributed by atoms with Crippen molar-refractivity contribution in [3.8, 4) is 5.88 Å². The molecule has 0 aliphatic heterocycles. The highest BCUT2D eigenvalue weighted by Gasteiger charge is 2.12. The Morgan fingerprint density at radius 1 is 1.32 bits per heavy atom. The summed E-state index contributed by atoms with van der Waals surface area (Å²) in [4.78, 5) is 21.8. The number of carbonyl (C=O) groups excluding carboxylic acids is 1. The monoisotopic (exact) mass is 266 g/mol. The fraction of sp³-hybridized carbons (Fsp3) is 0.615. The number of nitrogens with one attached hydrogen (secondary N) is 1. The van der Waals surface area contributed by atoms with Crippen LogP contribution in [0.25, 0.3) is 0 Å². The minimum absolute atomic E-state index is 0.0565. The third-order valence-corrected chi connectivity index (χ3v) is 2.84. The number of aromatic nitrogens is 2. The number of nitrogens with zero attached hydrogens (tertiary/aromatic N) is 3. The first-order valence-corrected chi connectivity index (χ1v) is 6.60. The molecule has 0 spiro atoms. The molecule has 0 aliphatic rings. The first kappa shape index (κ1) is 15.2. The number of likely N-dealkylation sites (N-methyl/N-ethyl adjacent to an activating group) is 1. The highest BCUT2D eigenvalue weighted by Crippen LogP contribution is 2.19. The fourth-order valence-electron chi connectivity index (χ4n) is 1.74. The quantitative estimate of drug-likeness (QED) is 0.809. The molecular formula is C13H22N4O2. The topological polar surface area (TPSA) is 67.4 Å². The van der Waals surface area contributed by atoms with E-state index in [2.05, 4.69) is 15.3 Å². The van der Waals surface area contributed by atoms with Gasteiger partial charge in [0.25, 0.3) is 0 Å². The van der Waals surface area contributed by atoms with Crippen LogP contribution in [0.1, 0.15) is 26.3 Å². The number of hydrogen-bond acceptors (Lipinski definition) is 5. The van der Waals surface area contributed by atoms with Gasteiger partial charge in [-0.3, -0.25) is 4.79 Å². The van der Waals surface area contributed by atoms with Crippen LogP contribution in [0.15, 0.2) is 6.33 Å². The van der Waals surface area contributed by atoms with Crippen LogP contribution >= 0.6 is 0 Å². The molecule has 0 unspecified atom stereocenters. The summed E-state index contributed by atoms with van der Waals surface area (Å²) in [5, 5.41) is 3.04. The maximum Gasteiger partial charge on any atom is 0.241 e. The van der Waals surface area contributed by atoms with Gasteiger partial charge in [-0.25, -0.2) is 9.97 Å². The summed E-state index contributed by atoms with van der Waals surface area (Å²) in [6, 6.07) is 0. The van der Waals surface area contributed by atoms with E-state index in [1.807, 2.05) is 27.7 Å². The van der Waals surface area contributed by atoms with E-state index in [9.17, 15) is 4.79 Å². The van der Waals surface area contributed by atoms with Crippen molar-refractivity contribution in [3.05, 3.63) is 11.9 Å². The van der Waals surface area contributed by atoms with E-state index in [4.69, 9.17) is 4.74 Å². The smallest absolute Gasteiger partial charge is 0.241 e. The van der Waals surface area contributed by atoms with Gasteiger partial charge in [-0.05, 0) is 27.7 Å². The third kappa shape index (κ3) is 4.08. The summed E-state index contributed by atoms with van der Waals surface area (Å²) in [5.74, 6) is 1.25. The lowest BCUT2D eigenvalue weighted by Crippen LogP contribution is -2.35. The number of rotatable bonds is 7. The van der Waals surface area contributed by atoms with Crippen molar-refractivity contribution in [2.24, 2.45) is 0 Å². The normalized spacial score (nSPS) is 10.1. The lowest BCUT2D eigenvalue weighted by molar-refractivity contribution is -0.128. The highest BCUT2D eigenvalue weighted by atomic mass is 16.5. The fourth-order valence-corrected chi connectivity index (χ4v) is 1.74. The molecular weight excluding hydrogens is 244 g/mol. The predicted octanol–water partition coefficient (Wildman–Crippen LogP) is 1.46. The number of carbonyl (C=O) groups is 1. The first-order chi connectivity index (χ1) is 9.13. The van der Waals surface area contributed by atoms with Crippen LogP contribution < -0.4 is 10.1 Å². The van der Waals surface area contributed by atoms with Gasteiger partial charge in [-0.2, -0.15) is 0 Å². The Morgan fingerprint density at radius 3 is 2.58 bits per heavy atom. The Kier molecular flexibility index (Phi) is 6.05. The van der Waals surface area contributed by atoms with Crippen LogP contribution in [0.4, 0.5) is 5.82 Å². The van der Waals surface area contributed by atoms with E-state index in [-0.39, 0.29) is 12.5 Å². The molecule has 1 N–H and O–H groups in total. The zero-order chi connectivity index (χ0) is 14.3. The van der Waals surface area contributed by atoms with Gasteiger partial charge in [0.1, 0.15) is 12.1 Å². The summed E-state index contributed by atoms with van der Waals surface area (Å²) in [5.41, 5.74) is 0.816. The van der Waals surface area contributed by atoms with Gasteiger partial charge in [0.2, 0.25) is 11.8 Å². The average molecular weight is 266 g/mol. The molecule has 0 saturated heterocycles. The van der Waals surface area contributed by atoms with Crippen molar-refractivity contribution in [3.63, 3.8) is 0 Å². The van der Waals surface area contributed by atoms with E-state index >= 15 is 0 Å². The molecule has 0 atom stereocenters. The summed E-state index contributed by atoms with van der Waals surface area (Å²) < 4.78 is 5.39. The molecule has 1 aromatic rings. The van der Waals surface area contributed by atoms with Crippen LogP contribution in [-0.2, 0) is 4.79 Å². The standard InChI is InChI=1S/C13H22N4O2/c1-5-17(6-2)11(18)8-14-12-10(4)13(19-7-3)16-9-15-12/h9H,5-8H2,1-4H3,(H,14,15,16). The van der Waals surface area contributed by atoms with Gasteiger partial charge in [0.05, 0.1) is 18.7 Å². The number of hydrogen-bond donors (Lipinski definition) is 1. The Balaban J connectivity index is 2.67. The maximum atomic E-state index is 11.9. The van der Waals surface area contributed by atoms with Crippen molar-refractivity contribution in [2.45, 2.75) is 27.7 Å². The Labute approximate surface area is 114 Å². The van der Waals surface area contributed by atoms with Crippen LogP contribution in [0, 0.1) is 6.92 Å². The zero-order valence-corrected chi connectivity index (χ0v) is 12.1. The molecule has 19 heavy (non-hydrogen) atoms. The van der Waals surface area contributed by atoms with Crippen molar-refractivity contribution in [2.75, 3.05) is 31.6 Å². The molecule has 106 valence electrons. The van der Waals surface area contributed by atoms with Crippen LogP contribution in [-0.4, -0.2) is 47.0 Å². The largest absolute Gasteiger partial charge is 0.478 e. The van der Waals surface area contributed by atoms with Crippen molar-refractivity contribution in [1.29, 1.82) is 0 Å². The van der Waals surface area contributed by atoms with Crippen molar-refractivity contribution < 1.29 is 9.53 Å². The molecule has 6 nitrogen and oxygen atoms in total. The molecule has 6 heteroatoms. The number of ether oxygens (including phenoxy) is 1. The molecule has 0 bridgehead atoms. The second-order valence-corrected chi connectivity index (χ2v) is 4.01. The number of anilines is 1. The first-order valence-electron chi connectivity index (χ1n) is 6.60. The Bertz CT molecular complexity index is 419. The van der Waals surface area contributed by atoms with Gasteiger partial charge >= 0.3 is 0 Å². The zero-order valence-electron chi connectivity index (χ0n) is 12.1. The summed E-state index contributed by atoms with van der Waals surface area (Å²) >= 11 is 0. The molecule has 1 aromatic heterocycles. The van der Waals surface area contributed by atoms with E-state index in [0.29, 0.717) is 31.4 Å². The van der Waals surface area contributed by atoms with Crippen LogP contribution in [0.5, 0.6) is 5.88 Å². The van der Waals surface area contributed by atoms with E-state index in [1.54, 1.807) is 4.90 Å². The number of amides is 1. The summed E-state index contributed by atoms with van der Waals surface area (Å²) in [6.45, 7) is 9.90. The second kappa shape index (κ2) is 7.56. The SMILES string of the molecule is CCOc1ncnc(NCC(=O)N(CC)CC)c1C. The third-order valence-electron chi connectivity index (χ3n) is 2.84. The summed E-state index contributed by atoms with van der Waals surface area (Å²) in [6.07, 6.45) is 1.43. The molecule has 1 amide bonds. The molecule has 1 heterocycles. The molecule has 0 aliphatic carbocycles. The van der Waals surface area contributed by atoms with Gasteiger partial charge in [-0.1, -0.05) is 0 Å². The van der Waals surface area contributed by atoms with Crippen molar-refractivity contribution >= 4 is 11.7 Å². The van der Waals surface area contributed by atoms with Gasteiger partial charge in [-0.15, -0.1) is 0 Å². The van der Waals surface area contributed by atoms with Crippen LogP contribution in [0.3, 0.4) is 0 Å². The molecule has 0 aromatic carbocycles. The lowest BCUT2D eigenvalue weighted by atomic mass is 10.3. The Morgan fingerprint density at radius 2 is 2.00 bits per heavy atom. The van der Waals surface area contributed by atoms with Gasteiger partial charge in [0, 0.05) is 13.1 Å². The molecule has 1 rings (SSSR count). The minimum atomic E-state index is 0.0565.